The van der Waals surface area contributed by atoms with Gasteiger partial charge in [-0.15, -0.1) is 11.3 Å². The van der Waals surface area contributed by atoms with Crippen LogP contribution in [0, 0.1) is 5.82 Å². The highest BCUT2D eigenvalue weighted by Crippen LogP contribution is 2.41. The van der Waals surface area contributed by atoms with E-state index in [1.54, 1.807) is 34.6 Å². The maximum atomic E-state index is 14.7. The van der Waals surface area contributed by atoms with E-state index in [9.17, 15) is 9.18 Å². The maximum absolute atomic E-state index is 14.7. The van der Waals surface area contributed by atoms with Gasteiger partial charge in [-0.05, 0) is 44.2 Å². The zero-order valence-corrected chi connectivity index (χ0v) is 19.0. The fourth-order valence-electron chi connectivity index (χ4n) is 3.61. The van der Waals surface area contributed by atoms with Gasteiger partial charge in [-0.2, -0.15) is 0 Å². The third-order valence-corrected chi connectivity index (χ3v) is 6.99. The van der Waals surface area contributed by atoms with E-state index in [-0.39, 0.29) is 17.8 Å². The zero-order chi connectivity index (χ0) is 21.8. The Morgan fingerprint density at radius 3 is 2.74 bits per heavy atom. The van der Waals surface area contributed by atoms with Crippen molar-refractivity contribution in [2.75, 3.05) is 26.0 Å². The monoisotopic (exact) mass is 458 g/mol. The summed E-state index contributed by atoms with van der Waals surface area (Å²) in [7, 11) is 0. The van der Waals surface area contributed by atoms with Crippen molar-refractivity contribution in [1.82, 2.24) is 19.9 Å². The van der Waals surface area contributed by atoms with Crippen molar-refractivity contribution in [2.45, 2.75) is 30.8 Å². The number of benzene rings is 1. The van der Waals surface area contributed by atoms with Crippen LogP contribution < -0.4 is 0 Å². The molecule has 1 aliphatic heterocycles. The van der Waals surface area contributed by atoms with Gasteiger partial charge >= 0.3 is 6.09 Å². The molecule has 1 fully saturated rings. The van der Waals surface area contributed by atoms with Crippen LogP contribution in [0.3, 0.4) is 0 Å². The van der Waals surface area contributed by atoms with E-state index in [1.807, 2.05) is 25.3 Å². The van der Waals surface area contributed by atoms with Gasteiger partial charge in [0.25, 0.3) is 0 Å². The molecule has 1 saturated heterocycles. The van der Waals surface area contributed by atoms with Gasteiger partial charge in [-0.3, -0.25) is 0 Å². The van der Waals surface area contributed by atoms with Gasteiger partial charge < -0.3 is 9.64 Å². The third-order valence-electron chi connectivity index (χ3n) is 5.19. The molecule has 1 amide bonds. The van der Waals surface area contributed by atoms with E-state index >= 15 is 0 Å². The molecule has 3 aromatic rings. The number of rotatable bonds is 5. The van der Waals surface area contributed by atoms with Crippen LogP contribution in [0.25, 0.3) is 21.8 Å². The Labute approximate surface area is 188 Å². The number of carbonyl (C=O) groups excluding carboxylic acids is 1. The molecule has 0 saturated carbocycles. The van der Waals surface area contributed by atoms with Gasteiger partial charge in [-0.25, -0.2) is 24.1 Å². The van der Waals surface area contributed by atoms with Crippen molar-refractivity contribution >= 4 is 29.2 Å². The molecule has 1 aromatic carbocycles. The van der Waals surface area contributed by atoms with Crippen LogP contribution in [0.2, 0.25) is 0 Å². The average molecular weight is 459 g/mol. The molecule has 4 rings (SSSR count). The van der Waals surface area contributed by atoms with Crippen LogP contribution in [0.5, 0.6) is 0 Å². The number of likely N-dealkylation sites (tertiary alicyclic amines) is 1. The fourth-order valence-corrected chi connectivity index (χ4v) is 5.18. The minimum Gasteiger partial charge on any atom is -0.450 e. The van der Waals surface area contributed by atoms with Gasteiger partial charge in [0.15, 0.2) is 5.16 Å². The van der Waals surface area contributed by atoms with Crippen molar-refractivity contribution in [3.8, 4) is 21.8 Å². The summed E-state index contributed by atoms with van der Waals surface area (Å²) in [6, 6.07) is 8.52. The molecule has 0 radical (unpaired) electrons. The van der Waals surface area contributed by atoms with Gasteiger partial charge in [0.05, 0.1) is 27.9 Å². The Kier molecular flexibility index (Phi) is 6.82. The molecule has 3 heterocycles. The summed E-state index contributed by atoms with van der Waals surface area (Å²) in [4.78, 5) is 28.3. The minimum atomic E-state index is -0.308. The molecular weight excluding hydrogens is 435 g/mol. The first-order valence-electron chi connectivity index (χ1n) is 10.2. The predicted octanol–water partition coefficient (Wildman–Crippen LogP) is 5.46. The number of thioether (sulfide) groups is 1. The predicted molar refractivity (Wildman–Crippen MR) is 121 cm³/mol. The Balaban J connectivity index is 1.67. The van der Waals surface area contributed by atoms with Crippen LogP contribution >= 0.6 is 23.1 Å². The zero-order valence-electron chi connectivity index (χ0n) is 17.4. The smallest absolute Gasteiger partial charge is 0.409 e. The van der Waals surface area contributed by atoms with Crippen molar-refractivity contribution in [1.29, 1.82) is 0 Å². The summed E-state index contributed by atoms with van der Waals surface area (Å²) in [5.41, 5.74) is 1.82. The van der Waals surface area contributed by atoms with Crippen molar-refractivity contribution in [3.63, 3.8) is 0 Å². The molecule has 0 unspecified atom stereocenters. The Hall–Kier alpha value is -2.52. The second kappa shape index (κ2) is 9.74. The highest BCUT2D eigenvalue weighted by atomic mass is 32.2. The molecule has 9 heteroatoms. The first-order chi connectivity index (χ1) is 15.1. The number of amides is 1. The fraction of sp³-hybridized carbons (Fsp3) is 0.364. The molecule has 0 N–H and O–H groups in total. The largest absolute Gasteiger partial charge is 0.450 e. The number of aromatic nitrogens is 3. The van der Waals surface area contributed by atoms with Gasteiger partial charge in [0.2, 0.25) is 0 Å². The van der Waals surface area contributed by atoms with Crippen molar-refractivity contribution in [2.24, 2.45) is 0 Å². The number of hydrogen-bond donors (Lipinski definition) is 0. The lowest BCUT2D eigenvalue weighted by atomic mass is 9.98. The Morgan fingerprint density at radius 2 is 2.03 bits per heavy atom. The molecule has 0 atom stereocenters. The topological polar surface area (TPSA) is 68.2 Å². The van der Waals surface area contributed by atoms with Crippen molar-refractivity contribution in [3.05, 3.63) is 47.4 Å². The number of thiazole rings is 1. The lowest BCUT2D eigenvalue weighted by molar-refractivity contribution is 0.0970. The molecule has 31 heavy (non-hydrogen) atoms. The standard InChI is InChI=1S/C22H23FN4O2S2/c1-3-29-22(28)27-12-9-14(10-13-27)20-26-18(15-6-4-5-7-16(15)23)19(31-20)17-8-11-24-21(25-17)30-2/h4-8,11,14H,3,9-10,12-13H2,1-2H3. The van der Waals surface area contributed by atoms with Crippen LogP contribution in [-0.4, -0.2) is 51.9 Å². The summed E-state index contributed by atoms with van der Waals surface area (Å²) < 4.78 is 19.8. The number of carbonyl (C=O) groups is 1. The Bertz CT molecular complexity index is 1070. The summed E-state index contributed by atoms with van der Waals surface area (Å²) >= 11 is 3.01. The molecular formula is C22H23FN4O2S2. The van der Waals surface area contributed by atoms with E-state index in [0.29, 0.717) is 36.1 Å². The molecule has 0 bridgehead atoms. The van der Waals surface area contributed by atoms with E-state index in [2.05, 4.69) is 9.97 Å². The molecule has 0 spiro atoms. The van der Waals surface area contributed by atoms with Crippen LogP contribution in [0.4, 0.5) is 9.18 Å². The normalized spacial score (nSPS) is 14.6. The second-order valence-corrected chi connectivity index (χ2v) is 8.90. The van der Waals surface area contributed by atoms with Gasteiger partial charge in [-0.1, -0.05) is 23.9 Å². The lowest BCUT2D eigenvalue weighted by Gasteiger charge is -2.30. The van der Waals surface area contributed by atoms with Crippen molar-refractivity contribution < 1.29 is 13.9 Å². The molecule has 1 aliphatic rings. The number of piperidine rings is 1. The molecule has 162 valence electrons. The number of ether oxygens (including phenoxy) is 1. The van der Waals surface area contributed by atoms with Crippen LogP contribution in [0.1, 0.15) is 30.7 Å². The summed E-state index contributed by atoms with van der Waals surface area (Å²) in [6.07, 6.45) is 4.96. The maximum Gasteiger partial charge on any atom is 0.409 e. The second-order valence-electron chi connectivity index (χ2n) is 7.10. The Morgan fingerprint density at radius 1 is 1.26 bits per heavy atom. The number of halogens is 1. The van der Waals surface area contributed by atoms with E-state index in [4.69, 9.17) is 9.72 Å². The quantitative estimate of drug-likeness (QED) is 0.373. The third kappa shape index (κ3) is 4.72. The highest BCUT2D eigenvalue weighted by molar-refractivity contribution is 7.98. The summed E-state index contributed by atoms with van der Waals surface area (Å²) in [5, 5.41) is 1.61. The van der Waals surface area contributed by atoms with E-state index in [1.165, 1.54) is 17.8 Å². The first-order valence-corrected chi connectivity index (χ1v) is 12.2. The van der Waals surface area contributed by atoms with Crippen LogP contribution in [-0.2, 0) is 4.74 Å². The first kappa shape index (κ1) is 21.7. The summed E-state index contributed by atoms with van der Waals surface area (Å²) in [6.45, 7) is 3.42. The highest BCUT2D eigenvalue weighted by Gasteiger charge is 2.28. The van der Waals surface area contributed by atoms with E-state index in [0.717, 1.165) is 28.4 Å². The van der Waals surface area contributed by atoms with Gasteiger partial charge in [0.1, 0.15) is 5.82 Å². The SMILES string of the molecule is CCOC(=O)N1CCC(c2nc(-c3ccccc3F)c(-c3ccnc(SC)n3)s2)CC1. The average Bonchev–Trinajstić information content (AvgIpc) is 3.25. The van der Waals surface area contributed by atoms with Crippen LogP contribution in [0.15, 0.2) is 41.7 Å². The molecule has 6 nitrogen and oxygen atoms in total. The number of nitrogens with zero attached hydrogens (tertiary/aromatic N) is 4. The summed E-state index contributed by atoms with van der Waals surface area (Å²) in [5.74, 6) is -0.103. The lowest BCUT2D eigenvalue weighted by Crippen LogP contribution is -2.38. The van der Waals surface area contributed by atoms with E-state index < -0.39 is 0 Å². The molecule has 2 aromatic heterocycles. The van der Waals surface area contributed by atoms with Gasteiger partial charge in [0, 0.05) is 30.8 Å². The minimum absolute atomic E-state index is 0.205. The molecule has 0 aliphatic carbocycles. The number of hydrogen-bond acceptors (Lipinski definition) is 7.